The van der Waals surface area contributed by atoms with Crippen molar-refractivity contribution in [1.29, 1.82) is 0 Å². The molecule has 0 fully saturated rings. The highest BCUT2D eigenvalue weighted by Gasteiger charge is 2.07. The predicted molar refractivity (Wildman–Crippen MR) is 122 cm³/mol. The number of thioether (sulfide) groups is 1. The first kappa shape index (κ1) is 24.0. The molecule has 162 valence electrons. The summed E-state index contributed by atoms with van der Waals surface area (Å²) in [6, 6.07) is 14.3. The van der Waals surface area contributed by atoms with Crippen LogP contribution in [0.2, 0.25) is 0 Å². The van der Waals surface area contributed by atoms with Crippen LogP contribution in [-0.4, -0.2) is 39.6 Å². The summed E-state index contributed by atoms with van der Waals surface area (Å²) >= 11 is 1.66. The maximum Gasteiger partial charge on any atom is 0.209 e. The van der Waals surface area contributed by atoms with Crippen molar-refractivity contribution in [3.63, 3.8) is 0 Å². The van der Waals surface area contributed by atoms with E-state index < -0.39 is 0 Å². The van der Waals surface area contributed by atoms with Gasteiger partial charge in [0.15, 0.2) is 11.5 Å². The molecule has 1 aromatic heterocycles. The van der Waals surface area contributed by atoms with Crippen molar-refractivity contribution in [3.05, 3.63) is 59.2 Å². The van der Waals surface area contributed by atoms with Crippen molar-refractivity contribution in [2.75, 3.05) is 19.4 Å². The minimum Gasteiger partial charge on any atom is -0.493 e. The molecule has 3 rings (SSSR count). The number of tetrazole rings is 1. The summed E-state index contributed by atoms with van der Waals surface area (Å²) in [5.41, 5.74) is 3.56. The number of hydrogen-bond acceptors (Lipinski definition) is 7. The Kier molecular flexibility index (Phi) is 9.93. The Morgan fingerprint density at radius 2 is 1.97 bits per heavy atom. The third-order valence-electron chi connectivity index (χ3n) is 4.51. The van der Waals surface area contributed by atoms with Gasteiger partial charge in [-0.05, 0) is 59.1 Å². The van der Waals surface area contributed by atoms with Crippen LogP contribution in [0.3, 0.4) is 0 Å². The second-order valence-electron chi connectivity index (χ2n) is 6.66. The molecule has 0 amide bonds. The van der Waals surface area contributed by atoms with Gasteiger partial charge in [0.25, 0.3) is 0 Å². The summed E-state index contributed by atoms with van der Waals surface area (Å²) in [4.78, 5) is 0. The van der Waals surface area contributed by atoms with Gasteiger partial charge in [-0.15, -0.1) is 17.5 Å². The SMILES string of the molecule is COc1cc(CNCCCSc2nnnn2C)ccc1OCc1ccccc1C.Cl. The van der Waals surface area contributed by atoms with Crippen LogP contribution in [0.4, 0.5) is 0 Å². The maximum atomic E-state index is 5.99. The highest BCUT2D eigenvalue weighted by Crippen LogP contribution is 2.29. The quantitative estimate of drug-likeness (QED) is 0.352. The van der Waals surface area contributed by atoms with Crippen LogP contribution in [0.15, 0.2) is 47.6 Å². The van der Waals surface area contributed by atoms with Crippen LogP contribution in [-0.2, 0) is 20.2 Å². The number of benzene rings is 2. The Morgan fingerprint density at radius 1 is 1.13 bits per heavy atom. The van der Waals surface area contributed by atoms with Crippen LogP contribution in [0.1, 0.15) is 23.1 Å². The molecule has 1 heterocycles. The lowest BCUT2D eigenvalue weighted by molar-refractivity contribution is 0.283. The first-order valence-electron chi connectivity index (χ1n) is 9.57. The lowest BCUT2D eigenvalue weighted by Crippen LogP contribution is -2.15. The van der Waals surface area contributed by atoms with Crippen LogP contribution in [0, 0.1) is 6.92 Å². The fraction of sp³-hybridized carbons (Fsp3) is 0.381. The van der Waals surface area contributed by atoms with Gasteiger partial charge >= 0.3 is 0 Å². The van der Waals surface area contributed by atoms with E-state index in [1.54, 1.807) is 23.6 Å². The van der Waals surface area contributed by atoms with Gasteiger partial charge in [0, 0.05) is 19.3 Å². The lowest BCUT2D eigenvalue weighted by atomic mass is 10.1. The Bertz CT molecular complexity index is 922. The topological polar surface area (TPSA) is 74.1 Å². The van der Waals surface area contributed by atoms with Crippen LogP contribution in [0.25, 0.3) is 0 Å². The molecule has 3 aromatic rings. The second kappa shape index (κ2) is 12.4. The first-order valence-corrected chi connectivity index (χ1v) is 10.6. The molecule has 1 N–H and O–H groups in total. The molecular formula is C21H28ClN5O2S. The summed E-state index contributed by atoms with van der Waals surface area (Å²) in [6.07, 6.45) is 1.03. The van der Waals surface area contributed by atoms with E-state index in [2.05, 4.69) is 46.0 Å². The summed E-state index contributed by atoms with van der Waals surface area (Å²) in [5.74, 6) is 2.48. The third-order valence-corrected chi connectivity index (χ3v) is 5.61. The van der Waals surface area contributed by atoms with Gasteiger partial charge in [-0.2, -0.15) is 0 Å². The molecule has 7 nitrogen and oxygen atoms in total. The number of aryl methyl sites for hydroxylation is 2. The molecule has 0 unspecified atom stereocenters. The fourth-order valence-corrected chi connectivity index (χ4v) is 3.59. The summed E-state index contributed by atoms with van der Waals surface area (Å²) in [5, 5.41) is 15.7. The number of nitrogens with zero attached hydrogens (tertiary/aromatic N) is 4. The van der Waals surface area contributed by atoms with Crippen molar-refractivity contribution < 1.29 is 9.47 Å². The average molecular weight is 450 g/mol. The average Bonchev–Trinajstić information content (AvgIpc) is 3.15. The van der Waals surface area contributed by atoms with E-state index in [0.717, 1.165) is 47.5 Å². The molecule has 0 saturated carbocycles. The predicted octanol–water partition coefficient (Wildman–Crippen LogP) is 3.80. The molecule has 0 spiro atoms. The van der Waals surface area contributed by atoms with Gasteiger partial charge in [0.1, 0.15) is 6.61 Å². The third kappa shape index (κ3) is 6.90. The van der Waals surface area contributed by atoms with Crippen LogP contribution < -0.4 is 14.8 Å². The summed E-state index contributed by atoms with van der Waals surface area (Å²) in [6.45, 7) is 4.32. The second-order valence-corrected chi connectivity index (χ2v) is 7.73. The number of rotatable bonds is 11. The number of nitrogens with one attached hydrogen (secondary N) is 1. The van der Waals surface area contributed by atoms with Gasteiger partial charge in [-0.1, -0.05) is 42.1 Å². The standard InChI is InChI=1S/C21H27N5O2S.ClH/c1-16-7-4-5-8-18(16)15-28-19-10-9-17(13-20(19)27-3)14-22-11-6-12-29-21-23-24-25-26(21)2;/h4-5,7-10,13,22H,6,11-12,14-15H2,1-3H3;1H. The number of methoxy groups -OCH3 is 1. The Balaban J connectivity index is 0.00000320. The van der Waals surface area contributed by atoms with E-state index in [-0.39, 0.29) is 12.4 Å². The van der Waals surface area contributed by atoms with E-state index in [4.69, 9.17) is 9.47 Å². The molecule has 0 saturated heterocycles. The molecule has 0 bridgehead atoms. The molecule has 30 heavy (non-hydrogen) atoms. The Morgan fingerprint density at radius 3 is 2.70 bits per heavy atom. The van der Waals surface area contributed by atoms with Crippen LogP contribution in [0.5, 0.6) is 11.5 Å². The van der Waals surface area contributed by atoms with Crippen molar-refractivity contribution in [2.45, 2.75) is 31.7 Å². The van der Waals surface area contributed by atoms with Crippen LogP contribution >= 0.6 is 24.2 Å². The normalized spacial score (nSPS) is 10.5. The maximum absolute atomic E-state index is 5.99. The minimum atomic E-state index is 0. The lowest BCUT2D eigenvalue weighted by Gasteiger charge is -2.13. The van der Waals surface area contributed by atoms with Gasteiger partial charge < -0.3 is 14.8 Å². The van der Waals surface area contributed by atoms with Crippen molar-refractivity contribution >= 4 is 24.2 Å². The highest BCUT2D eigenvalue weighted by atomic mass is 35.5. The number of ether oxygens (including phenoxy) is 2. The smallest absolute Gasteiger partial charge is 0.209 e. The molecule has 0 aliphatic heterocycles. The number of aromatic nitrogens is 4. The molecule has 9 heteroatoms. The van der Waals surface area contributed by atoms with Gasteiger partial charge in [0.05, 0.1) is 7.11 Å². The van der Waals surface area contributed by atoms with Gasteiger partial charge in [-0.25, -0.2) is 4.68 Å². The van der Waals surface area contributed by atoms with E-state index in [0.29, 0.717) is 6.61 Å². The van der Waals surface area contributed by atoms with Crippen molar-refractivity contribution in [2.24, 2.45) is 7.05 Å². The number of hydrogen-bond donors (Lipinski definition) is 1. The fourth-order valence-electron chi connectivity index (χ4n) is 2.81. The molecule has 2 aromatic carbocycles. The van der Waals surface area contributed by atoms with Gasteiger partial charge in [-0.3, -0.25) is 0 Å². The molecule has 0 aliphatic rings. The Labute approximate surface area is 188 Å². The van der Waals surface area contributed by atoms with E-state index >= 15 is 0 Å². The zero-order valence-electron chi connectivity index (χ0n) is 17.5. The summed E-state index contributed by atoms with van der Waals surface area (Å²) in [7, 11) is 3.52. The zero-order chi connectivity index (χ0) is 20.5. The highest BCUT2D eigenvalue weighted by molar-refractivity contribution is 7.99. The van der Waals surface area contributed by atoms with Crippen molar-refractivity contribution in [3.8, 4) is 11.5 Å². The summed E-state index contributed by atoms with van der Waals surface area (Å²) < 4.78 is 13.2. The van der Waals surface area contributed by atoms with E-state index in [9.17, 15) is 0 Å². The monoisotopic (exact) mass is 449 g/mol. The zero-order valence-corrected chi connectivity index (χ0v) is 19.1. The van der Waals surface area contributed by atoms with E-state index in [1.807, 2.05) is 31.3 Å². The Hall–Kier alpha value is -2.29. The molecule has 0 radical (unpaired) electrons. The van der Waals surface area contributed by atoms with E-state index in [1.165, 1.54) is 11.1 Å². The van der Waals surface area contributed by atoms with Crippen molar-refractivity contribution in [1.82, 2.24) is 25.5 Å². The number of halogens is 1. The first-order chi connectivity index (χ1) is 14.2. The molecule has 0 atom stereocenters. The molecular weight excluding hydrogens is 422 g/mol. The minimum absolute atomic E-state index is 0. The van der Waals surface area contributed by atoms with Gasteiger partial charge in [0.2, 0.25) is 5.16 Å². The molecule has 0 aliphatic carbocycles. The largest absolute Gasteiger partial charge is 0.493 e.